The van der Waals surface area contributed by atoms with E-state index in [1.165, 1.54) is 12.7 Å². The SMILES string of the molecule is COC(=O)c1ccc2c(cnn2C(C)(C)c2ccccc2)c1. The van der Waals surface area contributed by atoms with Gasteiger partial charge in [-0.3, -0.25) is 4.68 Å². The fourth-order valence-electron chi connectivity index (χ4n) is 2.69. The number of ether oxygens (including phenoxy) is 1. The molecular formula is C18H18N2O2. The lowest BCUT2D eigenvalue weighted by Gasteiger charge is -2.27. The molecule has 0 atom stereocenters. The minimum Gasteiger partial charge on any atom is -0.465 e. The number of aromatic nitrogens is 2. The molecule has 0 radical (unpaired) electrons. The lowest BCUT2D eigenvalue weighted by Crippen LogP contribution is -2.28. The topological polar surface area (TPSA) is 44.1 Å². The molecule has 1 heterocycles. The molecule has 4 heteroatoms. The van der Waals surface area contributed by atoms with E-state index < -0.39 is 0 Å². The molecule has 4 nitrogen and oxygen atoms in total. The Bertz CT molecular complexity index is 819. The molecule has 0 spiro atoms. The Morgan fingerprint density at radius 3 is 2.55 bits per heavy atom. The Morgan fingerprint density at radius 1 is 1.14 bits per heavy atom. The highest BCUT2D eigenvalue weighted by Crippen LogP contribution is 2.29. The highest BCUT2D eigenvalue weighted by molar-refractivity contribution is 5.94. The van der Waals surface area contributed by atoms with Gasteiger partial charge in [0.2, 0.25) is 0 Å². The van der Waals surface area contributed by atoms with Gasteiger partial charge in [-0.1, -0.05) is 30.3 Å². The molecule has 3 aromatic rings. The van der Waals surface area contributed by atoms with Crippen LogP contribution in [0.1, 0.15) is 29.8 Å². The minimum absolute atomic E-state index is 0.282. The van der Waals surface area contributed by atoms with Crippen molar-refractivity contribution in [2.24, 2.45) is 0 Å². The molecule has 22 heavy (non-hydrogen) atoms. The molecule has 0 amide bonds. The molecule has 112 valence electrons. The second-order valence-corrected chi connectivity index (χ2v) is 5.75. The third-order valence-electron chi connectivity index (χ3n) is 4.00. The largest absolute Gasteiger partial charge is 0.465 e. The molecular weight excluding hydrogens is 276 g/mol. The summed E-state index contributed by atoms with van der Waals surface area (Å²) in [5.41, 5.74) is 2.42. The first kappa shape index (κ1) is 14.3. The predicted octanol–water partition coefficient (Wildman–Crippen LogP) is 3.61. The van der Waals surface area contributed by atoms with Crippen molar-refractivity contribution in [1.29, 1.82) is 0 Å². The highest BCUT2D eigenvalue weighted by atomic mass is 16.5. The van der Waals surface area contributed by atoms with Gasteiger partial charge < -0.3 is 4.74 Å². The second kappa shape index (κ2) is 5.30. The molecule has 0 aliphatic rings. The van der Waals surface area contributed by atoms with Crippen molar-refractivity contribution < 1.29 is 9.53 Å². The molecule has 0 bridgehead atoms. The zero-order valence-corrected chi connectivity index (χ0v) is 12.9. The van der Waals surface area contributed by atoms with E-state index in [9.17, 15) is 4.79 Å². The zero-order valence-electron chi connectivity index (χ0n) is 12.9. The number of carbonyl (C=O) groups excluding carboxylic acids is 1. The minimum atomic E-state index is -0.336. The normalized spacial score (nSPS) is 11.6. The summed E-state index contributed by atoms with van der Waals surface area (Å²) in [4.78, 5) is 11.6. The zero-order chi connectivity index (χ0) is 15.7. The Labute approximate surface area is 129 Å². The molecule has 0 aliphatic carbocycles. The third-order valence-corrected chi connectivity index (χ3v) is 4.00. The number of hydrogen-bond donors (Lipinski definition) is 0. The van der Waals surface area contributed by atoms with Gasteiger partial charge >= 0.3 is 5.97 Å². The Balaban J connectivity index is 2.11. The van der Waals surface area contributed by atoms with Crippen molar-refractivity contribution in [2.75, 3.05) is 7.11 Å². The summed E-state index contributed by atoms with van der Waals surface area (Å²) in [6.45, 7) is 4.26. The lowest BCUT2D eigenvalue weighted by molar-refractivity contribution is 0.0601. The first-order chi connectivity index (χ1) is 10.5. The summed E-state index contributed by atoms with van der Waals surface area (Å²) in [6.07, 6.45) is 1.78. The molecule has 0 saturated carbocycles. The van der Waals surface area contributed by atoms with Crippen molar-refractivity contribution in [2.45, 2.75) is 19.4 Å². The van der Waals surface area contributed by atoms with Crippen LogP contribution in [-0.2, 0) is 10.3 Å². The number of carbonyl (C=O) groups is 1. The Morgan fingerprint density at radius 2 is 1.86 bits per heavy atom. The fourth-order valence-corrected chi connectivity index (χ4v) is 2.69. The summed E-state index contributed by atoms with van der Waals surface area (Å²) in [5.74, 6) is -0.336. The van der Waals surface area contributed by atoms with Crippen LogP contribution in [0.25, 0.3) is 10.9 Å². The first-order valence-electron chi connectivity index (χ1n) is 7.16. The van der Waals surface area contributed by atoms with Crippen LogP contribution in [0.2, 0.25) is 0 Å². The Kier molecular flexibility index (Phi) is 3.45. The maximum Gasteiger partial charge on any atom is 0.337 e. The number of hydrogen-bond acceptors (Lipinski definition) is 3. The second-order valence-electron chi connectivity index (χ2n) is 5.75. The van der Waals surface area contributed by atoms with Gasteiger partial charge in [0.05, 0.1) is 29.9 Å². The van der Waals surface area contributed by atoms with Gasteiger partial charge in [-0.05, 0) is 37.6 Å². The van der Waals surface area contributed by atoms with E-state index in [4.69, 9.17) is 4.74 Å². The van der Waals surface area contributed by atoms with Crippen LogP contribution in [0.15, 0.2) is 54.7 Å². The van der Waals surface area contributed by atoms with E-state index in [1.807, 2.05) is 35.0 Å². The monoisotopic (exact) mass is 294 g/mol. The number of nitrogens with zero attached hydrogens (tertiary/aromatic N) is 2. The van der Waals surface area contributed by atoms with E-state index in [1.54, 1.807) is 12.3 Å². The van der Waals surface area contributed by atoms with Crippen LogP contribution >= 0.6 is 0 Å². The van der Waals surface area contributed by atoms with Gasteiger partial charge in [-0.25, -0.2) is 4.79 Å². The molecule has 0 fully saturated rings. The van der Waals surface area contributed by atoms with Crippen molar-refractivity contribution >= 4 is 16.9 Å². The highest BCUT2D eigenvalue weighted by Gasteiger charge is 2.25. The average Bonchev–Trinajstić information content (AvgIpc) is 2.98. The van der Waals surface area contributed by atoms with Gasteiger partial charge in [0.25, 0.3) is 0 Å². The molecule has 3 rings (SSSR count). The van der Waals surface area contributed by atoms with Crippen LogP contribution in [0.5, 0.6) is 0 Å². The first-order valence-corrected chi connectivity index (χ1v) is 7.16. The van der Waals surface area contributed by atoms with E-state index in [-0.39, 0.29) is 11.5 Å². The molecule has 1 aromatic heterocycles. The van der Waals surface area contributed by atoms with Crippen molar-refractivity contribution in [3.63, 3.8) is 0 Å². The summed E-state index contributed by atoms with van der Waals surface area (Å²) < 4.78 is 6.75. The maximum absolute atomic E-state index is 11.6. The summed E-state index contributed by atoms with van der Waals surface area (Å²) in [7, 11) is 1.38. The van der Waals surface area contributed by atoms with Crippen LogP contribution in [0.4, 0.5) is 0 Å². The molecule has 2 aromatic carbocycles. The van der Waals surface area contributed by atoms with Gasteiger partial charge in [-0.2, -0.15) is 5.10 Å². The van der Waals surface area contributed by atoms with E-state index >= 15 is 0 Å². The predicted molar refractivity (Wildman–Crippen MR) is 85.9 cm³/mol. The maximum atomic E-state index is 11.6. The Hall–Kier alpha value is -2.62. The van der Waals surface area contributed by atoms with Crippen LogP contribution in [0.3, 0.4) is 0 Å². The number of methoxy groups -OCH3 is 1. The quantitative estimate of drug-likeness (QED) is 0.693. The number of rotatable bonds is 3. The molecule has 0 N–H and O–H groups in total. The standard InChI is InChI=1S/C18H18N2O2/c1-18(2,15-7-5-4-6-8-15)20-16-10-9-13(17(21)22-3)11-14(16)12-19-20/h4-12H,1-3H3. The summed E-state index contributed by atoms with van der Waals surface area (Å²) in [5, 5.41) is 5.46. The van der Waals surface area contributed by atoms with Gasteiger partial charge in [0, 0.05) is 5.39 Å². The fraction of sp³-hybridized carbons (Fsp3) is 0.222. The average molecular weight is 294 g/mol. The van der Waals surface area contributed by atoms with Crippen molar-refractivity contribution in [1.82, 2.24) is 9.78 Å². The van der Waals surface area contributed by atoms with E-state index in [2.05, 4.69) is 31.1 Å². The van der Waals surface area contributed by atoms with Crippen molar-refractivity contribution in [3.8, 4) is 0 Å². The molecule has 0 unspecified atom stereocenters. The number of fused-ring (bicyclic) bond motifs is 1. The van der Waals surface area contributed by atoms with E-state index in [0.29, 0.717) is 5.56 Å². The van der Waals surface area contributed by atoms with Gasteiger partial charge in [-0.15, -0.1) is 0 Å². The molecule has 0 aliphatic heterocycles. The van der Waals surface area contributed by atoms with Crippen LogP contribution in [-0.4, -0.2) is 22.9 Å². The van der Waals surface area contributed by atoms with Crippen LogP contribution in [0, 0.1) is 0 Å². The van der Waals surface area contributed by atoms with Gasteiger partial charge in [0.15, 0.2) is 0 Å². The summed E-state index contributed by atoms with van der Waals surface area (Å²) >= 11 is 0. The number of esters is 1. The third kappa shape index (κ3) is 2.26. The van der Waals surface area contributed by atoms with Crippen LogP contribution < -0.4 is 0 Å². The van der Waals surface area contributed by atoms with E-state index in [0.717, 1.165) is 10.9 Å². The van der Waals surface area contributed by atoms with Gasteiger partial charge in [0.1, 0.15) is 0 Å². The smallest absolute Gasteiger partial charge is 0.337 e. The van der Waals surface area contributed by atoms with Crippen molar-refractivity contribution in [3.05, 3.63) is 65.9 Å². The molecule has 0 saturated heterocycles. The summed E-state index contributed by atoms with van der Waals surface area (Å²) in [6, 6.07) is 15.7. The lowest BCUT2D eigenvalue weighted by atomic mass is 9.94. The number of benzene rings is 2.